The molecule has 0 aliphatic rings. The summed E-state index contributed by atoms with van der Waals surface area (Å²) in [4.78, 5) is 30.1. The van der Waals surface area contributed by atoms with Crippen molar-refractivity contribution in [2.75, 3.05) is 13.1 Å². The van der Waals surface area contributed by atoms with E-state index in [9.17, 15) is 14.7 Å². The van der Waals surface area contributed by atoms with Crippen molar-refractivity contribution < 1.29 is 9.90 Å². The van der Waals surface area contributed by atoms with E-state index >= 15 is 0 Å². The number of rotatable bonds is 5. The van der Waals surface area contributed by atoms with Gasteiger partial charge in [0.1, 0.15) is 6.54 Å². The molecular weight excluding hydrogens is 282 g/mol. The molecule has 0 aliphatic carbocycles. The zero-order valence-corrected chi connectivity index (χ0v) is 13.1. The Kier molecular flexibility index (Phi) is 4.61. The van der Waals surface area contributed by atoms with Crippen molar-refractivity contribution in [2.24, 2.45) is 0 Å². The molecule has 0 saturated heterocycles. The molecule has 0 bridgehead atoms. The maximum Gasteiger partial charge on any atom is 0.269 e. The first-order valence-electron chi connectivity index (χ1n) is 7.26. The van der Waals surface area contributed by atoms with Gasteiger partial charge in [-0.1, -0.05) is 12.1 Å². The highest BCUT2D eigenvalue weighted by atomic mass is 16.3. The Bertz CT molecular complexity index is 731. The van der Waals surface area contributed by atoms with E-state index in [0.717, 1.165) is 0 Å². The minimum absolute atomic E-state index is 0.0637. The quantitative estimate of drug-likeness (QED) is 0.894. The number of nitrogens with zero attached hydrogens (tertiary/aromatic N) is 3. The lowest BCUT2D eigenvalue weighted by Crippen LogP contribution is -2.44. The Labute approximate surface area is 129 Å². The maximum atomic E-state index is 12.5. The summed E-state index contributed by atoms with van der Waals surface area (Å²) < 4.78 is 1.41. The molecule has 0 radical (unpaired) electrons. The summed E-state index contributed by atoms with van der Waals surface area (Å²) in [5.74, 6) is -0.205. The number of benzene rings is 1. The molecule has 2 aromatic rings. The molecule has 1 aromatic heterocycles. The highest BCUT2D eigenvalue weighted by Gasteiger charge is 2.22. The van der Waals surface area contributed by atoms with Crippen LogP contribution in [0.3, 0.4) is 0 Å². The number of fused-ring (bicyclic) bond motifs is 1. The zero-order chi connectivity index (χ0) is 16.3. The Morgan fingerprint density at radius 2 is 2.05 bits per heavy atom. The van der Waals surface area contributed by atoms with E-state index in [1.807, 2.05) is 13.0 Å². The van der Waals surface area contributed by atoms with Gasteiger partial charge in [-0.05, 0) is 32.9 Å². The first-order valence-corrected chi connectivity index (χ1v) is 7.26. The van der Waals surface area contributed by atoms with E-state index in [2.05, 4.69) is 4.98 Å². The Balaban J connectivity index is 2.32. The molecule has 22 heavy (non-hydrogen) atoms. The topological polar surface area (TPSA) is 75.4 Å². The third-order valence-corrected chi connectivity index (χ3v) is 3.36. The van der Waals surface area contributed by atoms with Crippen LogP contribution >= 0.6 is 0 Å². The second-order valence-electron chi connectivity index (χ2n) is 5.89. The van der Waals surface area contributed by atoms with Crippen molar-refractivity contribution in [3.8, 4) is 0 Å². The minimum atomic E-state index is -0.975. The van der Waals surface area contributed by atoms with Gasteiger partial charge >= 0.3 is 0 Å². The minimum Gasteiger partial charge on any atom is -0.389 e. The van der Waals surface area contributed by atoms with Crippen molar-refractivity contribution in [3.05, 3.63) is 40.8 Å². The van der Waals surface area contributed by atoms with Gasteiger partial charge in [-0.2, -0.15) is 0 Å². The summed E-state index contributed by atoms with van der Waals surface area (Å²) in [5, 5.41) is 9.89. The number of hydrogen-bond donors (Lipinski definition) is 1. The molecule has 0 fully saturated rings. The van der Waals surface area contributed by atoms with E-state index in [0.29, 0.717) is 17.6 Å². The summed E-state index contributed by atoms with van der Waals surface area (Å²) >= 11 is 0. The number of aromatic nitrogens is 2. The summed E-state index contributed by atoms with van der Waals surface area (Å²) in [6, 6.07) is 7.20. The van der Waals surface area contributed by atoms with Crippen LogP contribution in [-0.2, 0) is 11.3 Å². The molecule has 6 nitrogen and oxygen atoms in total. The van der Waals surface area contributed by atoms with Crippen LogP contribution in [0.15, 0.2) is 35.3 Å². The van der Waals surface area contributed by atoms with Gasteiger partial charge in [0.15, 0.2) is 0 Å². The molecule has 2 rings (SSSR count). The van der Waals surface area contributed by atoms with E-state index in [-0.39, 0.29) is 24.6 Å². The normalized spacial score (nSPS) is 11.6. The van der Waals surface area contributed by atoms with Gasteiger partial charge in [-0.15, -0.1) is 0 Å². The molecule has 0 aliphatic heterocycles. The average Bonchev–Trinajstić information content (AvgIpc) is 2.46. The summed E-state index contributed by atoms with van der Waals surface area (Å²) in [6.45, 7) is 5.78. The van der Waals surface area contributed by atoms with Gasteiger partial charge in [0, 0.05) is 13.1 Å². The van der Waals surface area contributed by atoms with Crippen molar-refractivity contribution in [2.45, 2.75) is 32.9 Å². The highest BCUT2D eigenvalue weighted by Crippen LogP contribution is 2.10. The van der Waals surface area contributed by atoms with Gasteiger partial charge in [-0.3, -0.25) is 14.2 Å². The van der Waals surface area contributed by atoms with Crippen LogP contribution in [0.25, 0.3) is 11.0 Å². The fourth-order valence-electron chi connectivity index (χ4n) is 2.36. The predicted molar refractivity (Wildman–Crippen MR) is 84.6 cm³/mol. The van der Waals surface area contributed by atoms with Crippen LogP contribution in [0.1, 0.15) is 20.8 Å². The number of carbonyl (C=O) groups excluding carboxylic acids is 1. The molecule has 118 valence electrons. The molecule has 1 heterocycles. The monoisotopic (exact) mass is 303 g/mol. The molecule has 6 heteroatoms. The number of aliphatic hydroxyl groups is 1. The predicted octanol–water partition coefficient (Wildman–Crippen LogP) is 1.02. The van der Waals surface area contributed by atoms with Gasteiger partial charge in [0.25, 0.3) is 5.56 Å². The average molecular weight is 303 g/mol. The van der Waals surface area contributed by atoms with E-state index < -0.39 is 5.60 Å². The molecule has 0 unspecified atom stereocenters. The lowest BCUT2D eigenvalue weighted by atomic mass is 10.1. The second-order valence-corrected chi connectivity index (χ2v) is 5.89. The number of likely N-dealkylation sites (N-methyl/N-ethyl adjacent to an activating group) is 1. The summed E-state index contributed by atoms with van der Waals surface area (Å²) in [7, 11) is 0. The van der Waals surface area contributed by atoms with Crippen molar-refractivity contribution in [3.63, 3.8) is 0 Å². The first kappa shape index (κ1) is 16.2. The number of hydrogen-bond acceptors (Lipinski definition) is 4. The van der Waals surface area contributed by atoms with Crippen LogP contribution in [0.4, 0.5) is 0 Å². The highest BCUT2D eigenvalue weighted by molar-refractivity contribution is 5.80. The van der Waals surface area contributed by atoms with Crippen molar-refractivity contribution >= 4 is 16.9 Å². The Hall–Kier alpha value is -2.21. The second kappa shape index (κ2) is 6.27. The van der Waals surface area contributed by atoms with Crippen LogP contribution in [0.2, 0.25) is 0 Å². The summed E-state index contributed by atoms with van der Waals surface area (Å²) in [5.41, 5.74) is 0.00573. The van der Waals surface area contributed by atoms with E-state index in [4.69, 9.17) is 0 Å². The smallest absolute Gasteiger partial charge is 0.269 e. The summed E-state index contributed by atoms with van der Waals surface area (Å²) in [6.07, 6.45) is 1.22. The fourth-order valence-corrected chi connectivity index (χ4v) is 2.36. The molecule has 0 saturated carbocycles. The lowest BCUT2D eigenvalue weighted by Gasteiger charge is -2.28. The largest absolute Gasteiger partial charge is 0.389 e. The molecule has 0 atom stereocenters. The van der Waals surface area contributed by atoms with Crippen LogP contribution in [0.5, 0.6) is 0 Å². The third-order valence-electron chi connectivity index (χ3n) is 3.36. The third kappa shape index (κ3) is 3.71. The SMILES string of the molecule is CCN(CC(C)(C)O)C(=O)Cn1c(=O)cnc2ccccc21. The van der Waals surface area contributed by atoms with Gasteiger partial charge in [-0.25, -0.2) is 4.98 Å². The van der Waals surface area contributed by atoms with Crippen LogP contribution in [0, 0.1) is 0 Å². The van der Waals surface area contributed by atoms with Gasteiger partial charge in [0.2, 0.25) is 5.91 Å². The molecule has 1 amide bonds. The fraction of sp³-hybridized carbons (Fsp3) is 0.438. The molecule has 1 N–H and O–H groups in total. The lowest BCUT2D eigenvalue weighted by molar-refractivity contribution is -0.134. The molecule has 1 aromatic carbocycles. The maximum absolute atomic E-state index is 12.5. The first-order chi connectivity index (χ1) is 10.3. The van der Waals surface area contributed by atoms with Crippen molar-refractivity contribution in [1.82, 2.24) is 14.5 Å². The van der Waals surface area contributed by atoms with Crippen LogP contribution in [-0.4, -0.2) is 44.2 Å². The van der Waals surface area contributed by atoms with Gasteiger partial charge in [0.05, 0.1) is 22.8 Å². The number of carbonyl (C=O) groups is 1. The Morgan fingerprint density at radius 1 is 1.36 bits per heavy atom. The van der Waals surface area contributed by atoms with Crippen molar-refractivity contribution in [1.29, 1.82) is 0 Å². The molecular formula is C16H21N3O3. The zero-order valence-electron chi connectivity index (χ0n) is 13.1. The molecule has 0 spiro atoms. The van der Waals surface area contributed by atoms with Gasteiger partial charge < -0.3 is 10.0 Å². The number of amides is 1. The standard InChI is InChI=1S/C16H21N3O3/c1-4-18(11-16(2,3)22)15(21)10-19-13-8-6-5-7-12(13)17-9-14(19)20/h5-9,22H,4,10-11H2,1-3H3. The van der Waals surface area contributed by atoms with E-state index in [1.54, 1.807) is 36.9 Å². The van der Waals surface area contributed by atoms with Crippen LogP contribution < -0.4 is 5.56 Å². The number of para-hydroxylation sites is 2. The Morgan fingerprint density at radius 3 is 2.68 bits per heavy atom. The van der Waals surface area contributed by atoms with E-state index in [1.165, 1.54) is 10.8 Å².